The molecule has 5 heterocycles. The second kappa shape index (κ2) is 10.7. The number of H-pyrrole nitrogens is 1. The Morgan fingerprint density at radius 1 is 1.00 bits per heavy atom. The predicted octanol–water partition coefficient (Wildman–Crippen LogP) is 3.39. The van der Waals surface area contributed by atoms with Gasteiger partial charge in [0.05, 0.1) is 21.3 Å². The van der Waals surface area contributed by atoms with Crippen LogP contribution in [-0.4, -0.2) is 82.8 Å². The largest absolute Gasteiger partial charge is 0.444 e. The Morgan fingerprint density at radius 3 is 2.33 bits per heavy atom. The van der Waals surface area contributed by atoms with Gasteiger partial charge in [0.1, 0.15) is 6.10 Å². The molecule has 0 aliphatic carbocycles. The summed E-state index contributed by atoms with van der Waals surface area (Å²) in [6.45, 7) is 4.02. The number of hydrogen-bond acceptors (Lipinski definition) is 6. The molecule has 3 amide bonds. The lowest BCUT2D eigenvalue weighted by Gasteiger charge is -2.44. The van der Waals surface area contributed by atoms with Gasteiger partial charge in [0.25, 0.3) is 11.8 Å². The molecule has 0 radical (unpaired) electrons. The quantitative estimate of drug-likeness (QED) is 0.540. The van der Waals surface area contributed by atoms with E-state index in [1.807, 2.05) is 0 Å². The molecule has 0 spiro atoms. The molecule has 10 nitrogen and oxygen atoms in total. The molecule has 4 aliphatic heterocycles. The standard InChI is InChI=1S/C24H28Cl2N6O4/c25-16-2-1-3-17(26)20(16)22(33)29-18-12-27-30-21(18)23(34)28-15-6-10-32(11-7-15)24(35)36-19-13-31-8-4-14(19)5-9-31/h1-3,12,14-15,19H,4-11,13H2,(H,27,30)(H,28,34)(H,29,33). The topological polar surface area (TPSA) is 120 Å². The molecule has 1 aromatic carbocycles. The van der Waals surface area contributed by atoms with Crippen LogP contribution in [0.3, 0.4) is 0 Å². The van der Waals surface area contributed by atoms with Crippen molar-refractivity contribution >= 4 is 46.8 Å². The first-order valence-corrected chi connectivity index (χ1v) is 12.9. The SMILES string of the molecule is O=C(NC1CCN(C(=O)OC2CN3CCC2CC3)CC1)c1n[nH]cc1NC(=O)c1c(Cl)cccc1Cl. The fraction of sp³-hybridized carbons (Fsp3) is 0.500. The fourth-order valence-electron chi connectivity index (χ4n) is 5.17. The van der Waals surface area contributed by atoms with E-state index >= 15 is 0 Å². The van der Waals surface area contributed by atoms with Crippen LogP contribution in [0.15, 0.2) is 24.4 Å². The van der Waals surface area contributed by atoms with Crippen molar-refractivity contribution in [2.24, 2.45) is 5.92 Å². The second-order valence-corrected chi connectivity index (χ2v) is 10.3. The summed E-state index contributed by atoms with van der Waals surface area (Å²) < 4.78 is 5.83. The normalized spacial score (nSPS) is 23.8. The van der Waals surface area contributed by atoms with Crippen LogP contribution in [0.25, 0.3) is 0 Å². The first-order valence-electron chi connectivity index (χ1n) is 12.2. The van der Waals surface area contributed by atoms with Crippen molar-refractivity contribution in [3.63, 3.8) is 0 Å². The zero-order valence-corrected chi connectivity index (χ0v) is 21.1. The monoisotopic (exact) mass is 534 g/mol. The summed E-state index contributed by atoms with van der Waals surface area (Å²) in [7, 11) is 0. The highest BCUT2D eigenvalue weighted by Crippen LogP contribution is 2.30. The first kappa shape index (κ1) is 24.9. The summed E-state index contributed by atoms with van der Waals surface area (Å²) in [5.41, 5.74) is 0.383. The summed E-state index contributed by atoms with van der Waals surface area (Å²) in [5, 5.41) is 12.6. The summed E-state index contributed by atoms with van der Waals surface area (Å²) in [6.07, 6.45) is 4.51. The van der Waals surface area contributed by atoms with Gasteiger partial charge in [0.15, 0.2) is 5.69 Å². The molecule has 1 aromatic heterocycles. The van der Waals surface area contributed by atoms with Gasteiger partial charge in [-0.25, -0.2) is 4.79 Å². The molecular formula is C24H28Cl2N6O4. The Morgan fingerprint density at radius 2 is 1.69 bits per heavy atom. The highest BCUT2D eigenvalue weighted by Gasteiger charge is 2.37. The molecule has 0 saturated carbocycles. The minimum absolute atomic E-state index is 0.0219. The highest BCUT2D eigenvalue weighted by atomic mass is 35.5. The van der Waals surface area contributed by atoms with Crippen LogP contribution < -0.4 is 10.6 Å². The minimum Gasteiger partial charge on any atom is -0.444 e. The average molecular weight is 535 g/mol. The number of halogens is 2. The van der Waals surface area contributed by atoms with Crippen molar-refractivity contribution < 1.29 is 19.1 Å². The number of aromatic nitrogens is 2. The maximum Gasteiger partial charge on any atom is 0.410 e. The van der Waals surface area contributed by atoms with Crippen molar-refractivity contribution in [3.8, 4) is 0 Å². The van der Waals surface area contributed by atoms with Gasteiger partial charge in [-0.3, -0.25) is 19.6 Å². The maximum atomic E-state index is 12.9. The molecule has 2 aromatic rings. The fourth-order valence-corrected chi connectivity index (χ4v) is 5.74. The number of nitrogens with zero attached hydrogens (tertiary/aromatic N) is 3. The summed E-state index contributed by atoms with van der Waals surface area (Å²) in [5.74, 6) is -0.505. The van der Waals surface area contributed by atoms with E-state index in [0.717, 1.165) is 32.5 Å². The summed E-state index contributed by atoms with van der Waals surface area (Å²) >= 11 is 12.2. The predicted molar refractivity (Wildman–Crippen MR) is 134 cm³/mol. The number of likely N-dealkylation sites (tertiary alicyclic amines) is 1. The van der Waals surface area contributed by atoms with Gasteiger partial charge in [-0.15, -0.1) is 0 Å². The lowest BCUT2D eigenvalue weighted by atomic mass is 9.86. The number of aromatic amines is 1. The first-order chi connectivity index (χ1) is 17.4. The van der Waals surface area contributed by atoms with E-state index < -0.39 is 11.8 Å². The maximum absolute atomic E-state index is 12.9. The number of rotatable bonds is 5. The van der Waals surface area contributed by atoms with Gasteiger partial charge < -0.3 is 20.3 Å². The minimum atomic E-state index is -0.546. The third-order valence-corrected chi connectivity index (χ3v) is 7.86. The van der Waals surface area contributed by atoms with Crippen LogP contribution in [0.2, 0.25) is 10.0 Å². The Balaban J connectivity index is 1.12. The van der Waals surface area contributed by atoms with E-state index in [2.05, 4.69) is 25.7 Å². The number of hydrogen-bond donors (Lipinski definition) is 3. The molecule has 36 heavy (non-hydrogen) atoms. The molecule has 1 atom stereocenters. The Hall–Kier alpha value is -2.82. The zero-order chi connectivity index (χ0) is 25.2. The van der Waals surface area contributed by atoms with Gasteiger partial charge in [-0.05, 0) is 56.8 Å². The summed E-state index contributed by atoms with van der Waals surface area (Å²) in [6, 6.07) is 4.63. The number of carbonyl (C=O) groups excluding carboxylic acids is 3. The lowest BCUT2D eigenvalue weighted by Crippen LogP contribution is -2.54. The number of benzene rings is 1. The van der Waals surface area contributed by atoms with Gasteiger partial charge >= 0.3 is 6.09 Å². The summed E-state index contributed by atoms with van der Waals surface area (Å²) in [4.78, 5) is 42.4. The Labute approximate surface area is 218 Å². The molecule has 2 bridgehead atoms. The number of carbonyl (C=O) groups is 3. The lowest BCUT2D eigenvalue weighted by molar-refractivity contribution is -0.0451. The molecule has 3 N–H and O–H groups in total. The van der Waals surface area contributed by atoms with Crippen molar-refractivity contribution in [1.29, 1.82) is 0 Å². The number of amides is 3. The van der Waals surface area contributed by atoms with E-state index in [9.17, 15) is 14.4 Å². The van der Waals surface area contributed by atoms with E-state index in [0.29, 0.717) is 31.8 Å². The van der Waals surface area contributed by atoms with Crippen molar-refractivity contribution in [2.75, 3.05) is 38.0 Å². The number of fused-ring (bicyclic) bond motifs is 3. The van der Waals surface area contributed by atoms with E-state index in [4.69, 9.17) is 27.9 Å². The molecule has 192 valence electrons. The van der Waals surface area contributed by atoms with Gasteiger partial charge in [0, 0.05) is 31.9 Å². The van der Waals surface area contributed by atoms with Crippen molar-refractivity contribution in [2.45, 2.75) is 37.8 Å². The second-order valence-electron chi connectivity index (χ2n) is 9.49. The van der Waals surface area contributed by atoms with Crippen LogP contribution in [0.4, 0.5) is 10.5 Å². The third kappa shape index (κ3) is 5.30. The third-order valence-electron chi connectivity index (χ3n) is 7.23. The number of nitrogens with one attached hydrogen (secondary N) is 3. The molecule has 4 fully saturated rings. The van der Waals surface area contributed by atoms with Gasteiger partial charge in [0.2, 0.25) is 0 Å². The van der Waals surface area contributed by atoms with E-state index in [-0.39, 0.29) is 45.2 Å². The Kier molecular flexibility index (Phi) is 7.36. The molecule has 6 rings (SSSR count). The van der Waals surface area contributed by atoms with Crippen LogP contribution in [0.5, 0.6) is 0 Å². The molecule has 4 aliphatic rings. The van der Waals surface area contributed by atoms with Gasteiger partial charge in [-0.1, -0.05) is 29.3 Å². The van der Waals surface area contributed by atoms with Crippen molar-refractivity contribution in [1.82, 2.24) is 25.3 Å². The van der Waals surface area contributed by atoms with Gasteiger partial charge in [-0.2, -0.15) is 5.10 Å². The van der Waals surface area contributed by atoms with E-state index in [1.54, 1.807) is 23.1 Å². The average Bonchev–Trinajstić information content (AvgIpc) is 3.33. The van der Waals surface area contributed by atoms with Crippen LogP contribution >= 0.6 is 23.2 Å². The van der Waals surface area contributed by atoms with Crippen LogP contribution in [-0.2, 0) is 4.74 Å². The number of ether oxygens (including phenoxy) is 1. The molecule has 1 unspecified atom stereocenters. The van der Waals surface area contributed by atoms with Crippen molar-refractivity contribution in [3.05, 3.63) is 45.7 Å². The van der Waals surface area contributed by atoms with E-state index in [1.165, 1.54) is 6.20 Å². The van der Waals surface area contributed by atoms with Crippen LogP contribution in [0.1, 0.15) is 46.5 Å². The molecular weight excluding hydrogens is 507 g/mol. The number of piperidine rings is 4. The molecule has 12 heteroatoms. The zero-order valence-electron chi connectivity index (χ0n) is 19.6. The number of anilines is 1. The smallest absolute Gasteiger partial charge is 0.410 e. The molecule has 4 saturated heterocycles. The van der Waals surface area contributed by atoms with Crippen LogP contribution in [0, 0.1) is 5.92 Å². The Bertz CT molecular complexity index is 1120. The highest BCUT2D eigenvalue weighted by molar-refractivity contribution is 6.40.